The van der Waals surface area contributed by atoms with Crippen molar-refractivity contribution >= 4 is 23.2 Å². The summed E-state index contributed by atoms with van der Waals surface area (Å²) in [6.07, 6.45) is 3.10. The van der Waals surface area contributed by atoms with Crippen LogP contribution in [-0.4, -0.2) is 25.5 Å². The molecule has 0 fully saturated rings. The summed E-state index contributed by atoms with van der Waals surface area (Å²) < 4.78 is 16.7. The van der Waals surface area contributed by atoms with Crippen molar-refractivity contribution in [1.82, 2.24) is 19.6 Å². The quantitative estimate of drug-likeness (QED) is 0.719. The van der Waals surface area contributed by atoms with E-state index in [1.54, 1.807) is 30.8 Å². The van der Waals surface area contributed by atoms with Crippen LogP contribution in [0.3, 0.4) is 0 Å². The lowest BCUT2D eigenvalue weighted by Crippen LogP contribution is -2.40. The van der Waals surface area contributed by atoms with Crippen LogP contribution in [0.5, 0.6) is 0 Å². The van der Waals surface area contributed by atoms with E-state index in [4.69, 9.17) is 11.6 Å². The van der Waals surface area contributed by atoms with E-state index in [0.29, 0.717) is 22.9 Å². The van der Waals surface area contributed by atoms with Crippen molar-refractivity contribution in [3.8, 4) is 0 Å². The Hall–Kier alpha value is -2.67. The van der Waals surface area contributed by atoms with Crippen molar-refractivity contribution in [2.45, 2.75) is 39.8 Å². The largest absolute Gasteiger partial charge is 0.321 e. The number of benzene rings is 1. The van der Waals surface area contributed by atoms with Gasteiger partial charge in [-0.25, -0.2) is 4.39 Å². The lowest BCUT2D eigenvalue weighted by Gasteiger charge is -2.24. The number of hydrogen-bond donors (Lipinski definition) is 1. The first-order valence-electron chi connectivity index (χ1n) is 8.49. The molecule has 2 heterocycles. The molecule has 6 nitrogen and oxygen atoms in total. The highest BCUT2D eigenvalue weighted by atomic mass is 35.5. The minimum atomic E-state index is -0.934. The maximum atomic E-state index is 13.4. The van der Waals surface area contributed by atoms with E-state index >= 15 is 0 Å². The van der Waals surface area contributed by atoms with Gasteiger partial charge in [0.1, 0.15) is 11.4 Å². The Balaban J connectivity index is 1.83. The van der Waals surface area contributed by atoms with E-state index in [9.17, 15) is 9.18 Å². The third-order valence-corrected chi connectivity index (χ3v) is 4.72. The van der Waals surface area contributed by atoms with Crippen LogP contribution >= 0.6 is 11.6 Å². The molecule has 8 heteroatoms. The summed E-state index contributed by atoms with van der Waals surface area (Å²) in [4.78, 5) is 12.9. The fourth-order valence-corrected chi connectivity index (χ4v) is 2.95. The molecular weight excluding hydrogens is 369 g/mol. The molecule has 142 valence electrons. The van der Waals surface area contributed by atoms with Crippen molar-refractivity contribution < 1.29 is 9.18 Å². The van der Waals surface area contributed by atoms with Crippen LogP contribution in [0, 0.1) is 19.7 Å². The lowest BCUT2D eigenvalue weighted by molar-refractivity contribution is -0.123. The molecule has 0 radical (unpaired) electrons. The van der Waals surface area contributed by atoms with Crippen LogP contribution in [0.25, 0.3) is 0 Å². The van der Waals surface area contributed by atoms with Gasteiger partial charge in [0, 0.05) is 6.20 Å². The highest BCUT2D eigenvalue weighted by molar-refractivity contribution is 6.30. The van der Waals surface area contributed by atoms with Crippen LogP contribution in [0.1, 0.15) is 30.8 Å². The maximum Gasteiger partial charge on any atom is 0.251 e. The minimum Gasteiger partial charge on any atom is -0.321 e. The fourth-order valence-electron chi connectivity index (χ4n) is 2.82. The zero-order valence-corrected chi connectivity index (χ0v) is 16.4. The Kier molecular flexibility index (Phi) is 5.06. The van der Waals surface area contributed by atoms with E-state index in [1.165, 1.54) is 23.0 Å². The number of rotatable bonds is 5. The summed E-state index contributed by atoms with van der Waals surface area (Å²) in [5.41, 5.74) is 1.98. The van der Waals surface area contributed by atoms with Gasteiger partial charge in [0.25, 0.3) is 5.91 Å². The van der Waals surface area contributed by atoms with Crippen LogP contribution in [-0.2, 0) is 16.9 Å². The van der Waals surface area contributed by atoms with Gasteiger partial charge in [-0.3, -0.25) is 14.2 Å². The Morgan fingerprint density at radius 3 is 2.70 bits per heavy atom. The molecular formula is C19H21ClFN5O. The van der Waals surface area contributed by atoms with Gasteiger partial charge in [0.05, 0.1) is 34.8 Å². The molecule has 0 saturated heterocycles. The van der Waals surface area contributed by atoms with Gasteiger partial charge in [-0.05, 0) is 45.4 Å². The Morgan fingerprint density at radius 2 is 2.07 bits per heavy atom. The summed E-state index contributed by atoms with van der Waals surface area (Å²) in [7, 11) is 0. The summed E-state index contributed by atoms with van der Waals surface area (Å²) in [5, 5.41) is 12.0. The number of anilines is 1. The van der Waals surface area contributed by atoms with Crippen molar-refractivity contribution in [3.05, 3.63) is 64.5 Å². The number of nitrogens with zero attached hydrogens (tertiary/aromatic N) is 4. The number of nitrogens with one attached hydrogen (secondary N) is 1. The summed E-state index contributed by atoms with van der Waals surface area (Å²) in [5.74, 6) is -0.527. The van der Waals surface area contributed by atoms with Gasteiger partial charge in [-0.15, -0.1) is 0 Å². The zero-order valence-electron chi connectivity index (χ0n) is 15.6. The normalized spacial score (nSPS) is 11.6. The summed E-state index contributed by atoms with van der Waals surface area (Å²) in [6.45, 7) is 7.62. The maximum absolute atomic E-state index is 13.4. The van der Waals surface area contributed by atoms with E-state index in [1.807, 2.05) is 19.9 Å². The van der Waals surface area contributed by atoms with Crippen molar-refractivity contribution in [2.75, 3.05) is 5.32 Å². The van der Waals surface area contributed by atoms with Gasteiger partial charge in [-0.1, -0.05) is 23.7 Å². The molecule has 0 unspecified atom stereocenters. The molecule has 0 saturated carbocycles. The Morgan fingerprint density at radius 1 is 1.33 bits per heavy atom. The van der Waals surface area contributed by atoms with E-state index in [-0.39, 0.29) is 11.7 Å². The molecule has 1 aromatic carbocycles. The first-order valence-corrected chi connectivity index (χ1v) is 8.87. The average molecular weight is 390 g/mol. The van der Waals surface area contributed by atoms with Crippen molar-refractivity contribution in [3.63, 3.8) is 0 Å². The molecule has 2 aromatic heterocycles. The molecule has 0 bridgehead atoms. The minimum absolute atomic E-state index is 0.237. The topological polar surface area (TPSA) is 64.7 Å². The van der Waals surface area contributed by atoms with Crippen LogP contribution in [0.15, 0.2) is 36.7 Å². The molecule has 3 aromatic rings. The molecule has 0 atom stereocenters. The molecule has 0 aliphatic heterocycles. The van der Waals surface area contributed by atoms with E-state index in [2.05, 4.69) is 15.5 Å². The number of carbonyl (C=O) groups excluding carboxylic acids is 1. The molecule has 1 N–H and O–H groups in total. The monoisotopic (exact) mass is 389 g/mol. The van der Waals surface area contributed by atoms with Crippen LogP contribution in [0.4, 0.5) is 10.1 Å². The first-order chi connectivity index (χ1) is 12.7. The van der Waals surface area contributed by atoms with Crippen molar-refractivity contribution in [1.29, 1.82) is 0 Å². The van der Waals surface area contributed by atoms with Gasteiger partial charge in [0.2, 0.25) is 0 Å². The Labute approximate surface area is 161 Å². The third kappa shape index (κ3) is 3.88. The average Bonchev–Trinajstić information content (AvgIpc) is 3.14. The van der Waals surface area contributed by atoms with Crippen LogP contribution < -0.4 is 5.32 Å². The lowest BCUT2D eigenvalue weighted by atomic mass is 10.0. The molecule has 0 aliphatic rings. The SMILES string of the molecule is Cc1nn(Cc2cccc(F)c2)c(C)c1NC(=O)C(C)(C)n1cc(Cl)cn1. The molecule has 27 heavy (non-hydrogen) atoms. The zero-order chi connectivity index (χ0) is 19.8. The third-order valence-electron chi connectivity index (χ3n) is 4.52. The second kappa shape index (κ2) is 7.15. The van der Waals surface area contributed by atoms with Gasteiger partial charge < -0.3 is 5.32 Å². The van der Waals surface area contributed by atoms with Gasteiger partial charge in [-0.2, -0.15) is 10.2 Å². The standard InChI is InChI=1S/C19H21ClFN5O/c1-12-17(23-18(27)19(3,4)26-11-15(20)9-22-26)13(2)25(24-12)10-14-6-5-7-16(21)8-14/h5-9,11H,10H2,1-4H3,(H,23,27). The van der Waals surface area contributed by atoms with E-state index in [0.717, 1.165) is 11.3 Å². The first kappa shape index (κ1) is 19.1. The fraction of sp³-hybridized carbons (Fsp3) is 0.316. The molecule has 0 aliphatic carbocycles. The summed E-state index contributed by atoms with van der Waals surface area (Å²) >= 11 is 5.92. The number of aryl methyl sites for hydroxylation is 1. The van der Waals surface area contributed by atoms with Crippen molar-refractivity contribution in [2.24, 2.45) is 0 Å². The van der Waals surface area contributed by atoms with Crippen LogP contribution in [0.2, 0.25) is 5.02 Å². The Bertz CT molecular complexity index is 992. The number of amides is 1. The predicted molar refractivity (Wildman–Crippen MR) is 102 cm³/mol. The summed E-state index contributed by atoms with van der Waals surface area (Å²) in [6, 6.07) is 6.37. The second-order valence-electron chi connectivity index (χ2n) is 6.95. The number of carbonyl (C=O) groups is 1. The highest BCUT2D eigenvalue weighted by Gasteiger charge is 2.32. The number of aromatic nitrogens is 4. The number of halogens is 2. The number of hydrogen-bond acceptors (Lipinski definition) is 3. The molecule has 1 amide bonds. The predicted octanol–water partition coefficient (Wildman–Crippen LogP) is 3.91. The van der Waals surface area contributed by atoms with Gasteiger partial charge >= 0.3 is 0 Å². The molecule has 3 rings (SSSR count). The molecule has 0 spiro atoms. The smallest absolute Gasteiger partial charge is 0.251 e. The second-order valence-corrected chi connectivity index (χ2v) is 7.39. The highest BCUT2D eigenvalue weighted by Crippen LogP contribution is 2.24. The van der Waals surface area contributed by atoms with Gasteiger partial charge in [0.15, 0.2) is 0 Å². The van der Waals surface area contributed by atoms with E-state index < -0.39 is 5.54 Å².